The summed E-state index contributed by atoms with van der Waals surface area (Å²) in [7, 11) is -0.844. The van der Waals surface area contributed by atoms with Crippen molar-refractivity contribution in [2.75, 3.05) is 0 Å². The summed E-state index contributed by atoms with van der Waals surface area (Å²) >= 11 is 0. The molecule has 0 aliphatic heterocycles. The van der Waals surface area contributed by atoms with Crippen LogP contribution >= 0.6 is 0 Å². The van der Waals surface area contributed by atoms with E-state index >= 15 is 0 Å². The predicted molar refractivity (Wildman–Crippen MR) is 24.5 cm³/mol. The Kier molecular flexibility index (Phi) is 1.86. The van der Waals surface area contributed by atoms with E-state index in [4.69, 9.17) is 5.26 Å². The summed E-state index contributed by atoms with van der Waals surface area (Å²) in [6, 6.07) is 0. The highest BCUT2D eigenvalue weighted by Gasteiger charge is 1.83. The smallest absolute Gasteiger partial charge is 0.152 e. The van der Waals surface area contributed by atoms with E-state index in [1.807, 2.05) is 13.1 Å². The first kappa shape index (κ1) is 4.71. The van der Waals surface area contributed by atoms with Crippen LogP contribution in [-0.2, 0) is 0 Å². The van der Waals surface area contributed by atoms with Crippen LogP contribution in [0.25, 0.3) is 0 Å². The lowest BCUT2D eigenvalue weighted by molar-refractivity contribution is 1.55. The average molecular weight is 85.2 g/mol. The molecule has 0 N–H and O–H groups in total. The van der Waals surface area contributed by atoms with Crippen LogP contribution in [0.2, 0.25) is 13.1 Å². The van der Waals surface area contributed by atoms with Crippen molar-refractivity contribution in [3.05, 3.63) is 0 Å². The fraction of sp³-hybridized carbons (Fsp3) is 0.667. The monoisotopic (exact) mass is 85.0 g/mol. The van der Waals surface area contributed by atoms with Gasteiger partial charge >= 0.3 is 0 Å². The molecule has 0 spiro atoms. The molecule has 0 fully saturated rings. The molecule has 0 atom stereocenters. The fourth-order valence-electron chi connectivity index (χ4n) is 0. The molecule has 0 saturated heterocycles. The van der Waals surface area contributed by atoms with E-state index in [9.17, 15) is 0 Å². The zero-order valence-corrected chi connectivity index (χ0v) is 4.68. The van der Waals surface area contributed by atoms with E-state index in [-0.39, 0.29) is 0 Å². The van der Waals surface area contributed by atoms with E-state index in [1.54, 1.807) is 0 Å². The highest BCUT2D eigenvalue weighted by Crippen LogP contribution is 1.67. The molecular weight excluding hydrogens is 78.1 g/mol. The largest absolute Gasteiger partial charge is 0.207 e. The second-order valence-corrected chi connectivity index (χ2v) is 3.85. The van der Waals surface area contributed by atoms with Gasteiger partial charge in [0.05, 0.1) is 0 Å². The molecule has 0 amide bonds. The molecule has 0 unspecified atom stereocenters. The van der Waals surface area contributed by atoms with Crippen molar-refractivity contribution < 1.29 is 0 Å². The Morgan fingerprint density at radius 1 is 1.60 bits per heavy atom. The third-order valence-corrected chi connectivity index (χ3v) is 0.775. The Morgan fingerprint density at radius 3 is 1.80 bits per heavy atom. The maximum absolute atomic E-state index is 7.96. The first-order valence-corrected chi connectivity index (χ1v) is 4.55. The van der Waals surface area contributed by atoms with Crippen LogP contribution in [0.5, 0.6) is 0 Å². The van der Waals surface area contributed by atoms with Crippen LogP contribution in [0, 0.1) is 11.0 Å². The molecule has 0 aliphatic carbocycles. The van der Waals surface area contributed by atoms with Crippen molar-refractivity contribution in [2.45, 2.75) is 13.1 Å². The lowest BCUT2D eigenvalue weighted by Gasteiger charge is -1.71. The summed E-state index contributed by atoms with van der Waals surface area (Å²) < 4.78 is 0. The maximum Gasteiger partial charge on any atom is 0.152 e. The summed E-state index contributed by atoms with van der Waals surface area (Å²) in [5.74, 6) is 0. The van der Waals surface area contributed by atoms with Crippen molar-refractivity contribution in [3.8, 4) is 5.69 Å². The minimum Gasteiger partial charge on any atom is -0.207 e. The minimum absolute atomic E-state index is 0.844. The van der Waals surface area contributed by atoms with Crippen molar-refractivity contribution in [1.29, 1.82) is 5.26 Å². The number of rotatable bonds is 0. The summed E-state index contributed by atoms with van der Waals surface area (Å²) in [5, 5.41) is 7.96. The van der Waals surface area contributed by atoms with Gasteiger partial charge < -0.3 is 0 Å². The number of hydrogen-bond donors (Lipinski definition) is 0. The van der Waals surface area contributed by atoms with Crippen molar-refractivity contribution >= 4 is 8.80 Å². The van der Waals surface area contributed by atoms with Gasteiger partial charge in [-0.2, -0.15) is 0 Å². The van der Waals surface area contributed by atoms with Crippen LogP contribution in [-0.4, -0.2) is 8.80 Å². The second-order valence-electron chi connectivity index (χ2n) is 1.28. The second kappa shape index (κ2) is 1.98. The van der Waals surface area contributed by atoms with E-state index in [2.05, 4.69) is 5.69 Å². The fourth-order valence-corrected chi connectivity index (χ4v) is 0. The van der Waals surface area contributed by atoms with E-state index < -0.39 is 8.80 Å². The first-order valence-electron chi connectivity index (χ1n) is 1.67. The molecule has 0 aromatic carbocycles. The molecule has 28 valence electrons. The minimum atomic E-state index is -0.844. The summed E-state index contributed by atoms with van der Waals surface area (Å²) in [4.78, 5) is 0. The molecule has 2 heteroatoms. The van der Waals surface area contributed by atoms with E-state index in [1.165, 1.54) is 0 Å². The van der Waals surface area contributed by atoms with Crippen molar-refractivity contribution in [1.82, 2.24) is 0 Å². The zero-order chi connectivity index (χ0) is 4.28. The van der Waals surface area contributed by atoms with Gasteiger partial charge in [-0.1, -0.05) is 13.1 Å². The molecular formula is C3H7NSi. The van der Waals surface area contributed by atoms with Crippen LogP contribution in [0.1, 0.15) is 0 Å². The lowest BCUT2D eigenvalue weighted by atomic mass is 11.7. The van der Waals surface area contributed by atoms with Gasteiger partial charge in [-0.05, 0) is 0 Å². The van der Waals surface area contributed by atoms with Crippen LogP contribution in [0.4, 0.5) is 0 Å². The zero-order valence-electron chi connectivity index (χ0n) is 3.52. The van der Waals surface area contributed by atoms with Gasteiger partial charge in [0.15, 0.2) is 8.80 Å². The molecule has 0 bridgehead atoms. The van der Waals surface area contributed by atoms with Gasteiger partial charge in [0, 0.05) is 5.69 Å². The van der Waals surface area contributed by atoms with Crippen LogP contribution in [0.15, 0.2) is 0 Å². The Morgan fingerprint density at radius 2 is 1.80 bits per heavy atom. The maximum atomic E-state index is 7.96. The van der Waals surface area contributed by atoms with E-state index in [0.29, 0.717) is 0 Å². The van der Waals surface area contributed by atoms with E-state index in [0.717, 1.165) is 0 Å². The van der Waals surface area contributed by atoms with Gasteiger partial charge in [0.1, 0.15) is 0 Å². The van der Waals surface area contributed by atoms with Crippen LogP contribution in [0.3, 0.4) is 0 Å². The van der Waals surface area contributed by atoms with Crippen LogP contribution < -0.4 is 0 Å². The lowest BCUT2D eigenvalue weighted by Crippen LogP contribution is -1.90. The van der Waals surface area contributed by atoms with Gasteiger partial charge in [0.2, 0.25) is 0 Å². The highest BCUT2D eigenvalue weighted by atomic mass is 28.3. The number of nitrogens with zero attached hydrogens (tertiary/aromatic N) is 1. The summed E-state index contributed by atoms with van der Waals surface area (Å²) in [6.45, 7) is 4.00. The van der Waals surface area contributed by atoms with Gasteiger partial charge in [0.25, 0.3) is 0 Å². The molecule has 0 aromatic rings. The summed E-state index contributed by atoms with van der Waals surface area (Å²) in [6.07, 6.45) is 0. The average Bonchev–Trinajstić information content (AvgIpc) is 1.38. The summed E-state index contributed by atoms with van der Waals surface area (Å²) in [5.41, 5.74) is 2.17. The van der Waals surface area contributed by atoms with Crippen molar-refractivity contribution in [3.63, 3.8) is 0 Å². The molecule has 0 rings (SSSR count). The topological polar surface area (TPSA) is 23.8 Å². The third-order valence-electron chi connectivity index (χ3n) is 0.258. The first-order chi connectivity index (χ1) is 2.27. The molecule has 0 heterocycles. The molecule has 0 aromatic heterocycles. The Labute approximate surface area is 33.8 Å². The number of hydrogen-bond acceptors (Lipinski definition) is 1. The predicted octanol–water partition coefficient (Wildman–Crippen LogP) is 0.536. The molecule has 5 heavy (non-hydrogen) atoms. The normalized spacial score (nSPS) is 7.60. The Hall–Kier alpha value is -0.293. The Balaban J connectivity index is 2.94. The molecule has 1 nitrogen and oxygen atoms in total. The quantitative estimate of drug-likeness (QED) is 0.394. The highest BCUT2D eigenvalue weighted by molar-refractivity contribution is 6.64. The SMILES string of the molecule is C[SiH](C)C#N. The molecule has 0 saturated carbocycles. The Bertz CT molecular complexity index is 52.4. The standard InChI is InChI=1S/C3H7NSi/c1-5(2)3-4/h5H,1-2H3. The third kappa shape index (κ3) is 3.71. The van der Waals surface area contributed by atoms with Gasteiger partial charge in [-0.3, -0.25) is 0 Å². The van der Waals surface area contributed by atoms with Crippen molar-refractivity contribution in [2.24, 2.45) is 0 Å². The molecule has 0 radical (unpaired) electrons. The van der Waals surface area contributed by atoms with Gasteiger partial charge in [-0.15, -0.1) is 0 Å². The van der Waals surface area contributed by atoms with Gasteiger partial charge in [-0.25, -0.2) is 5.26 Å². The number of nitriles is 1. The molecule has 0 aliphatic rings.